The van der Waals surface area contributed by atoms with Crippen molar-refractivity contribution in [1.29, 1.82) is 0 Å². The molecule has 0 saturated carbocycles. The van der Waals surface area contributed by atoms with Gasteiger partial charge >= 0.3 is 0 Å². The minimum absolute atomic E-state index is 0.0438. The summed E-state index contributed by atoms with van der Waals surface area (Å²) in [5.74, 6) is -0.155. The Labute approximate surface area is 158 Å². The number of hydrogen-bond donors (Lipinski definition) is 0. The van der Waals surface area contributed by atoms with Gasteiger partial charge in [-0.3, -0.25) is 4.79 Å². The summed E-state index contributed by atoms with van der Waals surface area (Å²) in [5.41, 5.74) is 3.84. The summed E-state index contributed by atoms with van der Waals surface area (Å²) in [5, 5.41) is 0. The highest BCUT2D eigenvalue weighted by Gasteiger charge is 2.27. The van der Waals surface area contributed by atoms with Crippen LogP contribution in [0, 0.1) is 12.7 Å². The van der Waals surface area contributed by atoms with E-state index in [0.717, 1.165) is 30.8 Å². The van der Waals surface area contributed by atoms with Gasteiger partial charge < -0.3 is 9.47 Å². The van der Waals surface area contributed by atoms with Crippen molar-refractivity contribution < 1.29 is 9.18 Å². The summed E-state index contributed by atoms with van der Waals surface area (Å²) in [6.45, 7) is 3.43. The maximum absolute atomic E-state index is 13.1. The Morgan fingerprint density at radius 3 is 2.59 bits per heavy atom. The highest BCUT2D eigenvalue weighted by atomic mass is 19.1. The first kappa shape index (κ1) is 17.5. The molecular formula is C22H22FN3O. The van der Waals surface area contributed by atoms with Crippen LogP contribution in [0.5, 0.6) is 0 Å². The third kappa shape index (κ3) is 3.77. The van der Waals surface area contributed by atoms with Crippen molar-refractivity contribution in [2.45, 2.75) is 25.7 Å². The maximum atomic E-state index is 13.1. The summed E-state index contributed by atoms with van der Waals surface area (Å²) in [7, 11) is 0. The predicted octanol–water partition coefficient (Wildman–Crippen LogP) is 4.34. The number of benzene rings is 2. The van der Waals surface area contributed by atoms with Gasteiger partial charge in [0.15, 0.2) is 0 Å². The van der Waals surface area contributed by atoms with E-state index in [1.807, 2.05) is 15.8 Å². The van der Waals surface area contributed by atoms with Gasteiger partial charge in [0.05, 0.1) is 12.0 Å². The molecular weight excluding hydrogens is 341 g/mol. The minimum atomic E-state index is -0.329. The molecule has 2 heterocycles. The van der Waals surface area contributed by atoms with Gasteiger partial charge in [0.25, 0.3) is 5.91 Å². The maximum Gasteiger partial charge on any atom is 0.253 e. The van der Waals surface area contributed by atoms with Gasteiger partial charge in [-0.25, -0.2) is 9.37 Å². The molecule has 0 radical (unpaired) electrons. The van der Waals surface area contributed by atoms with E-state index in [9.17, 15) is 9.18 Å². The summed E-state index contributed by atoms with van der Waals surface area (Å²) in [6, 6.07) is 14.1. The van der Waals surface area contributed by atoms with Crippen LogP contribution in [0.3, 0.4) is 0 Å². The molecule has 1 fully saturated rings. The number of carbonyl (C=O) groups is 1. The lowest BCUT2D eigenvalue weighted by Gasteiger charge is -2.32. The Morgan fingerprint density at radius 1 is 1.11 bits per heavy atom. The first-order valence-electron chi connectivity index (χ1n) is 9.26. The number of likely N-dealkylation sites (tertiary alicyclic amines) is 1. The second kappa shape index (κ2) is 7.35. The van der Waals surface area contributed by atoms with Crippen molar-refractivity contribution in [2.75, 3.05) is 13.1 Å². The summed E-state index contributed by atoms with van der Waals surface area (Å²) in [6.07, 6.45) is 5.84. The normalized spacial score (nSPS) is 17.1. The van der Waals surface area contributed by atoms with Crippen LogP contribution in [0.15, 0.2) is 61.1 Å². The number of nitrogens with zero attached hydrogens (tertiary/aromatic N) is 3. The standard InChI is InChI=1S/C22H22FN3O/c1-16-4-10-20(11-5-16)26-14-21(24-15-26)18-3-2-12-25(13-18)22(27)17-6-8-19(23)9-7-17/h4-11,14-15,18H,2-3,12-13H2,1H3/t18-/m0/s1. The fraction of sp³-hybridized carbons (Fsp3) is 0.273. The third-order valence-electron chi connectivity index (χ3n) is 5.15. The highest BCUT2D eigenvalue weighted by molar-refractivity contribution is 5.94. The van der Waals surface area contributed by atoms with E-state index in [-0.39, 0.29) is 17.6 Å². The molecule has 1 saturated heterocycles. The van der Waals surface area contributed by atoms with Gasteiger partial charge in [-0.1, -0.05) is 17.7 Å². The van der Waals surface area contributed by atoms with Crippen molar-refractivity contribution in [3.8, 4) is 5.69 Å². The molecule has 3 aromatic rings. The quantitative estimate of drug-likeness (QED) is 0.694. The molecule has 1 amide bonds. The molecule has 27 heavy (non-hydrogen) atoms. The zero-order valence-electron chi connectivity index (χ0n) is 15.3. The van der Waals surface area contributed by atoms with Gasteiger partial charge in [-0.05, 0) is 56.2 Å². The molecule has 1 atom stereocenters. The summed E-state index contributed by atoms with van der Waals surface area (Å²) >= 11 is 0. The molecule has 1 aromatic heterocycles. The number of carbonyl (C=O) groups excluding carboxylic acids is 1. The average Bonchev–Trinajstić information content (AvgIpc) is 3.19. The van der Waals surface area contributed by atoms with Gasteiger partial charge in [0.1, 0.15) is 5.82 Å². The number of hydrogen-bond acceptors (Lipinski definition) is 2. The fourth-order valence-corrected chi connectivity index (χ4v) is 3.59. The highest BCUT2D eigenvalue weighted by Crippen LogP contribution is 2.27. The molecule has 2 aromatic carbocycles. The SMILES string of the molecule is Cc1ccc(-n2cnc([C@H]3CCCN(C(=O)c4ccc(F)cc4)C3)c2)cc1. The number of piperidine rings is 1. The first-order chi connectivity index (χ1) is 13.1. The van der Waals surface area contributed by atoms with Crippen LogP contribution >= 0.6 is 0 Å². The molecule has 4 nitrogen and oxygen atoms in total. The van der Waals surface area contributed by atoms with E-state index in [2.05, 4.69) is 42.4 Å². The van der Waals surface area contributed by atoms with Crippen molar-refractivity contribution in [2.24, 2.45) is 0 Å². The molecule has 0 spiro atoms. The first-order valence-corrected chi connectivity index (χ1v) is 9.26. The topological polar surface area (TPSA) is 38.1 Å². The Hall–Kier alpha value is -2.95. The molecule has 1 aliphatic heterocycles. The minimum Gasteiger partial charge on any atom is -0.338 e. The van der Waals surface area contributed by atoms with Crippen LogP contribution < -0.4 is 0 Å². The van der Waals surface area contributed by atoms with Crippen LogP contribution in [0.25, 0.3) is 5.69 Å². The zero-order chi connectivity index (χ0) is 18.8. The van der Waals surface area contributed by atoms with Gasteiger partial charge in [-0.15, -0.1) is 0 Å². The Morgan fingerprint density at radius 2 is 1.85 bits per heavy atom. The lowest BCUT2D eigenvalue weighted by molar-refractivity contribution is 0.0706. The number of aryl methyl sites for hydroxylation is 1. The number of imidazole rings is 1. The molecule has 0 unspecified atom stereocenters. The molecule has 5 heteroatoms. The lowest BCUT2D eigenvalue weighted by atomic mass is 9.94. The van der Waals surface area contributed by atoms with Crippen LogP contribution in [0.1, 0.15) is 40.4 Å². The lowest BCUT2D eigenvalue weighted by Crippen LogP contribution is -2.39. The largest absolute Gasteiger partial charge is 0.338 e. The number of aromatic nitrogens is 2. The van der Waals surface area contributed by atoms with E-state index in [1.54, 1.807) is 12.1 Å². The predicted molar refractivity (Wildman–Crippen MR) is 103 cm³/mol. The second-order valence-corrected chi connectivity index (χ2v) is 7.14. The van der Waals surface area contributed by atoms with Gasteiger partial charge in [0, 0.05) is 36.5 Å². The van der Waals surface area contributed by atoms with Crippen molar-refractivity contribution >= 4 is 5.91 Å². The van der Waals surface area contributed by atoms with Crippen LogP contribution in [0.2, 0.25) is 0 Å². The van der Waals surface area contributed by atoms with E-state index in [1.165, 1.54) is 17.7 Å². The average molecular weight is 363 g/mol. The van der Waals surface area contributed by atoms with Crippen molar-refractivity contribution in [3.63, 3.8) is 0 Å². The Bertz CT molecular complexity index is 931. The molecule has 4 rings (SSSR count). The van der Waals surface area contributed by atoms with Crippen LogP contribution in [-0.4, -0.2) is 33.4 Å². The molecule has 0 aliphatic carbocycles. The summed E-state index contributed by atoms with van der Waals surface area (Å²) in [4.78, 5) is 19.2. The number of halogens is 1. The van der Waals surface area contributed by atoms with Crippen LogP contribution in [0.4, 0.5) is 4.39 Å². The fourth-order valence-electron chi connectivity index (χ4n) is 3.59. The second-order valence-electron chi connectivity index (χ2n) is 7.14. The third-order valence-corrected chi connectivity index (χ3v) is 5.15. The smallest absolute Gasteiger partial charge is 0.253 e. The zero-order valence-corrected chi connectivity index (χ0v) is 15.3. The van der Waals surface area contributed by atoms with Gasteiger partial charge in [0.2, 0.25) is 0 Å². The van der Waals surface area contributed by atoms with E-state index in [4.69, 9.17) is 0 Å². The van der Waals surface area contributed by atoms with Crippen LogP contribution in [-0.2, 0) is 0 Å². The molecule has 1 aliphatic rings. The Kier molecular flexibility index (Phi) is 4.75. The monoisotopic (exact) mass is 363 g/mol. The molecule has 0 N–H and O–H groups in total. The molecule has 138 valence electrons. The van der Waals surface area contributed by atoms with Gasteiger partial charge in [-0.2, -0.15) is 0 Å². The summed E-state index contributed by atoms with van der Waals surface area (Å²) < 4.78 is 15.1. The Balaban J connectivity index is 1.49. The van der Waals surface area contributed by atoms with Crippen molar-refractivity contribution in [1.82, 2.24) is 14.5 Å². The van der Waals surface area contributed by atoms with E-state index >= 15 is 0 Å². The molecule has 0 bridgehead atoms. The van der Waals surface area contributed by atoms with E-state index < -0.39 is 0 Å². The van der Waals surface area contributed by atoms with E-state index in [0.29, 0.717) is 12.1 Å². The van der Waals surface area contributed by atoms with Crippen molar-refractivity contribution in [3.05, 3.63) is 83.7 Å². The number of rotatable bonds is 3. The number of amides is 1.